The van der Waals surface area contributed by atoms with E-state index >= 15 is 0 Å². The number of hydrogen-bond donors (Lipinski definition) is 1. The maximum Gasteiger partial charge on any atom is 0.337 e. The molecule has 1 aliphatic heterocycles. The first kappa shape index (κ1) is 20.4. The van der Waals surface area contributed by atoms with Crippen molar-refractivity contribution in [1.82, 2.24) is 10.2 Å². The summed E-state index contributed by atoms with van der Waals surface area (Å²) in [6, 6.07) is 2.60. The summed E-state index contributed by atoms with van der Waals surface area (Å²) in [6.45, 7) is 1.65. The Balaban J connectivity index is 2.13. The topological polar surface area (TPSA) is 102 Å². The Morgan fingerprint density at radius 2 is 2.10 bits per heavy atom. The number of nitro groups is 1. The number of benzene rings is 1. The van der Waals surface area contributed by atoms with Crippen LogP contribution in [0, 0.1) is 21.7 Å². The molecular formula is C18H15F2N3O5S. The van der Waals surface area contributed by atoms with Crippen LogP contribution in [0.5, 0.6) is 0 Å². The molecule has 0 aliphatic carbocycles. The van der Waals surface area contributed by atoms with Gasteiger partial charge in [0.2, 0.25) is 5.82 Å². The fourth-order valence-electron chi connectivity index (χ4n) is 3.05. The normalized spacial score (nSPS) is 16.6. The van der Waals surface area contributed by atoms with Crippen LogP contribution in [-0.4, -0.2) is 28.9 Å². The molecule has 3 rings (SSSR count). The number of ether oxygens (including phenoxy) is 1. The summed E-state index contributed by atoms with van der Waals surface area (Å²) in [5.74, 6) is -3.35. The number of carbonyl (C=O) groups excluding carboxylic acids is 2. The van der Waals surface area contributed by atoms with E-state index in [9.17, 15) is 28.5 Å². The van der Waals surface area contributed by atoms with Crippen LogP contribution in [-0.2, 0) is 16.1 Å². The molecule has 0 saturated carbocycles. The fourth-order valence-corrected chi connectivity index (χ4v) is 3.75. The third-order valence-electron chi connectivity index (χ3n) is 4.47. The van der Waals surface area contributed by atoms with Crippen LogP contribution in [0.2, 0.25) is 0 Å². The quantitative estimate of drug-likeness (QED) is 0.449. The van der Waals surface area contributed by atoms with E-state index in [1.54, 1.807) is 12.1 Å². The first-order valence-corrected chi connectivity index (χ1v) is 9.15. The molecule has 1 aromatic carbocycles. The van der Waals surface area contributed by atoms with Gasteiger partial charge in [-0.1, -0.05) is 6.07 Å². The molecule has 2 heterocycles. The van der Waals surface area contributed by atoms with Crippen molar-refractivity contribution in [2.75, 3.05) is 7.11 Å². The molecule has 8 nitrogen and oxygen atoms in total. The standard InChI is InChI=1S/C18H15F2N3O5S/c1-9-15(17(24)28-2)16(11-6-14(23(26)27)13(20)7-12(11)19)21-18(25)22(9)8-10-4-3-5-29-10/h3-7,16H,8H2,1-2H3,(H,21,25). The minimum Gasteiger partial charge on any atom is -0.466 e. The molecule has 1 aliphatic rings. The van der Waals surface area contributed by atoms with Crippen molar-refractivity contribution in [1.29, 1.82) is 0 Å². The molecule has 11 heteroatoms. The molecule has 0 bridgehead atoms. The van der Waals surface area contributed by atoms with Gasteiger partial charge in [-0.25, -0.2) is 14.0 Å². The van der Waals surface area contributed by atoms with Gasteiger partial charge in [0, 0.05) is 28.3 Å². The highest BCUT2D eigenvalue weighted by Crippen LogP contribution is 2.35. The summed E-state index contributed by atoms with van der Waals surface area (Å²) in [5, 5.41) is 15.3. The zero-order chi connectivity index (χ0) is 21.3. The molecule has 1 unspecified atom stereocenters. The van der Waals surface area contributed by atoms with Crippen LogP contribution in [0.4, 0.5) is 19.3 Å². The smallest absolute Gasteiger partial charge is 0.337 e. The number of amides is 2. The molecule has 1 atom stereocenters. The molecule has 2 amide bonds. The summed E-state index contributed by atoms with van der Waals surface area (Å²) in [5.41, 5.74) is -1.30. The summed E-state index contributed by atoms with van der Waals surface area (Å²) in [4.78, 5) is 37.2. The average molecular weight is 423 g/mol. The van der Waals surface area contributed by atoms with Gasteiger partial charge in [0.05, 0.1) is 30.2 Å². The lowest BCUT2D eigenvalue weighted by Gasteiger charge is -2.35. The highest BCUT2D eigenvalue weighted by Gasteiger charge is 2.38. The molecule has 1 aromatic heterocycles. The Hall–Kier alpha value is -3.34. The number of hydrogen-bond acceptors (Lipinski definition) is 6. The summed E-state index contributed by atoms with van der Waals surface area (Å²) in [6.07, 6.45) is 0. The molecule has 0 spiro atoms. The molecular weight excluding hydrogens is 408 g/mol. The predicted octanol–water partition coefficient (Wildman–Crippen LogP) is 3.65. The number of carbonyl (C=O) groups is 2. The Morgan fingerprint density at radius 1 is 1.38 bits per heavy atom. The van der Waals surface area contributed by atoms with Crippen LogP contribution in [0.1, 0.15) is 23.4 Å². The number of allylic oxidation sites excluding steroid dienone is 1. The van der Waals surface area contributed by atoms with E-state index in [0.29, 0.717) is 12.1 Å². The van der Waals surface area contributed by atoms with Crippen molar-refractivity contribution in [3.05, 3.63) is 73.1 Å². The molecule has 0 radical (unpaired) electrons. The number of nitro benzene ring substituents is 1. The Bertz CT molecular complexity index is 1020. The van der Waals surface area contributed by atoms with Crippen LogP contribution in [0.3, 0.4) is 0 Å². The van der Waals surface area contributed by atoms with Crippen LogP contribution >= 0.6 is 11.3 Å². The first-order chi connectivity index (χ1) is 13.7. The van der Waals surface area contributed by atoms with Crippen molar-refractivity contribution in [2.45, 2.75) is 19.5 Å². The Labute approximate surface area is 167 Å². The van der Waals surface area contributed by atoms with E-state index in [-0.39, 0.29) is 17.8 Å². The molecule has 152 valence electrons. The van der Waals surface area contributed by atoms with Gasteiger partial charge in [0.15, 0.2) is 0 Å². The highest BCUT2D eigenvalue weighted by molar-refractivity contribution is 7.09. The maximum absolute atomic E-state index is 14.5. The van der Waals surface area contributed by atoms with E-state index in [4.69, 9.17) is 4.74 Å². The molecule has 29 heavy (non-hydrogen) atoms. The van der Waals surface area contributed by atoms with Crippen LogP contribution in [0.25, 0.3) is 0 Å². The second-order valence-electron chi connectivity index (χ2n) is 6.12. The van der Waals surface area contributed by atoms with Gasteiger partial charge in [-0.15, -0.1) is 11.3 Å². The molecule has 1 N–H and O–H groups in total. The second-order valence-corrected chi connectivity index (χ2v) is 7.15. The maximum atomic E-state index is 14.5. The number of nitrogens with zero attached hydrogens (tertiary/aromatic N) is 2. The Kier molecular flexibility index (Phi) is 5.59. The molecule has 0 saturated heterocycles. The minimum absolute atomic E-state index is 0.108. The third-order valence-corrected chi connectivity index (χ3v) is 5.33. The largest absolute Gasteiger partial charge is 0.466 e. The van der Waals surface area contributed by atoms with Gasteiger partial charge < -0.3 is 10.1 Å². The van der Waals surface area contributed by atoms with Crippen LogP contribution < -0.4 is 5.32 Å². The monoisotopic (exact) mass is 423 g/mol. The van der Waals surface area contributed by atoms with E-state index < -0.39 is 45.9 Å². The summed E-state index contributed by atoms with van der Waals surface area (Å²) < 4.78 is 33.0. The van der Waals surface area contributed by atoms with Gasteiger partial charge in [0.25, 0.3) is 0 Å². The van der Waals surface area contributed by atoms with Crippen molar-refractivity contribution < 1.29 is 28.0 Å². The number of methoxy groups -OCH3 is 1. The zero-order valence-electron chi connectivity index (χ0n) is 15.3. The van der Waals surface area contributed by atoms with Crippen molar-refractivity contribution in [3.63, 3.8) is 0 Å². The van der Waals surface area contributed by atoms with E-state index in [1.165, 1.54) is 23.2 Å². The third kappa shape index (κ3) is 3.81. The van der Waals surface area contributed by atoms with Crippen molar-refractivity contribution >= 4 is 29.0 Å². The van der Waals surface area contributed by atoms with Gasteiger partial charge in [-0.05, 0) is 18.4 Å². The minimum atomic E-state index is -1.38. The van der Waals surface area contributed by atoms with Gasteiger partial charge >= 0.3 is 17.7 Å². The van der Waals surface area contributed by atoms with Gasteiger partial charge in [-0.2, -0.15) is 4.39 Å². The number of nitrogens with one attached hydrogen (secondary N) is 1. The number of urea groups is 1. The van der Waals surface area contributed by atoms with E-state index in [1.807, 2.05) is 5.38 Å². The predicted molar refractivity (Wildman–Crippen MR) is 98.9 cm³/mol. The van der Waals surface area contributed by atoms with Crippen LogP contribution in [0.15, 0.2) is 40.9 Å². The fraction of sp³-hybridized carbons (Fsp3) is 0.222. The van der Waals surface area contributed by atoms with Crippen molar-refractivity contribution in [3.8, 4) is 0 Å². The van der Waals surface area contributed by atoms with Gasteiger partial charge in [0.1, 0.15) is 5.82 Å². The van der Waals surface area contributed by atoms with E-state index in [0.717, 1.165) is 12.0 Å². The molecule has 0 fully saturated rings. The zero-order valence-corrected chi connectivity index (χ0v) is 16.1. The lowest BCUT2D eigenvalue weighted by Crippen LogP contribution is -2.47. The highest BCUT2D eigenvalue weighted by atomic mass is 32.1. The number of esters is 1. The lowest BCUT2D eigenvalue weighted by molar-refractivity contribution is -0.387. The van der Waals surface area contributed by atoms with Gasteiger partial charge in [-0.3, -0.25) is 15.0 Å². The summed E-state index contributed by atoms with van der Waals surface area (Å²) in [7, 11) is 1.11. The number of thiophene rings is 1. The number of halogens is 2. The summed E-state index contributed by atoms with van der Waals surface area (Å²) >= 11 is 1.41. The lowest BCUT2D eigenvalue weighted by atomic mass is 9.94. The average Bonchev–Trinajstić information content (AvgIpc) is 3.17. The first-order valence-electron chi connectivity index (χ1n) is 8.27. The Morgan fingerprint density at radius 3 is 2.69 bits per heavy atom. The second kappa shape index (κ2) is 7.95. The number of rotatable bonds is 5. The van der Waals surface area contributed by atoms with Crippen molar-refractivity contribution in [2.24, 2.45) is 0 Å². The SMILES string of the molecule is COC(=O)C1=C(C)N(Cc2cccs2)C(=O)NC1c1cc([N+](=O)[O-])c(F)cc1F. The molecule has 2 aromatic rings. The van der Waals surface area contributed by atoms with E-state index in [2.05, 4.69) is 5.32 Å².